The molecule has 3 heteroatoms. The normalized spacial score (nSPS) is 30.9. The van der Waals surface area contributed by atoms with Gasteiger partial charge in [0.25, 0.3) is 0 Å². The molecule has 1 rings (SSSR count). The Balaban J connectivity index is 2.85. The van der Waals surface area contributed by atoms with Gasteiger partial charge in [0.2, 0.25) is 0 Å². The van der Waals surface area contributed by atoms with Crippen molar-refractivity contribution in [3.05, 3.63) is 0 Å². The largest absolute Gasteiger partial charge is 0.479 e. The molecule has 3 nitrogen and oxygen atoms in total. The Bertz CT molecular complexity index is 227. The standard InChI is InChI=1S/C12H22O3/c1-3-9-7-5-6-8-10(9)12(15,4-2)11(13)14/h9-10,15H,3-8H2,1-2H3,(H,13,14). The maximum absolute atomic E-state index is 11.2. The zero-order valence-corrected chi connectivity index (χ0v) is 9.70. The van der Waals surface area contributed by atoms with Crippen molar-refractivity contribution >= 4 is 5.97 Å². The molecular weight excluding hydrogens is 192 g/mol. The fourth-order valence-corrected chi connectivity index (χ4v) is 2.90. The van der Waals surface area contributed by atoms with Crippen molar-refractivity contribution in [2.75, 3.05) is 0 Å². The summed E-state index contributed by atoms with van der Waals surface area (Å²) < 4.78 is 0. The van der Waals surface area contributed by atoms with E-state index in [4.69, 9.17) is 5.11 Å². The number of carboxylic acid groups (broad SMARTS) is 1. The minimum absolute atomic E-state index is 0.0567. The van der Waals surface area contributed by atoms with Crippen molar-refractivity contribution in [3.8, 4) is 0 Å². The second kappa shape index (κ2) is 4.97. The Morgan fingerprint density at radius 3 is 2.40 bits per heavy atom. The summed E-state index contributed by atoms with van der Waals surface area (Å²) in [6, 6.07) is 0. The smallest absolute Gasteiger partial charge is 0.335 e. The van der Waals surface area contributed by atoms with Crippen LogP contribution in [0.3, 0.4) is 0 Å². The predicted molar refractivity (Wildman–Crippen MR) is 58.6 cm³/mol. The highest BCUT2D eigenvalue weighted by Gasteiger charge is 2.46. The van der Waals surface area contributed by atoms with Gasteiger partial charge in [0, 0.05) is 5.92 Å². The average Bonchev–Trinajstić information content (AvgIpc) is 2.27. The minimum atomic E-state index is -1.50. The first kappa shape index (κ1) is 12.5. The lowest BCUT2D eigenvalue weighted by Gasteiger charge is -2.40. The van der Waals surface area contributed by atoms with Crippen molar-refractivity contribution in [2.24, 2.45) is 11.8 Å². The van der Waals surface area contributed by atoms with Crippen LogP contribution in [-0.4, -0.2) is 21.8 Å². The van der Waals surface area contributed by atoms with E-state index in [-0.39, 0.29) is 5.92 Å². The van der Waals surface area contributed by atoms with Crippen LogP contribution in [0.1, 0.15) is 52.4 Å². The van der Waals surface area contributed by atoms with Crippen molar-refractivity contribution in [2.45, 2.75) is 58.0 Å². The highest BCUT2D eigenvalue weighted by Crippen LogP contribution is 2.40. The van der Waals surface area contributed by atoms with Crippen molar-refractivity contribution in [1.82, 2.24) is 0 Å². The van der Waals surface area contributed by atoms with Crippen LogP contribution < -0.4 is 0 Å². The number of carboxylic acids is 1. The lowest BCUT2D eigenvalue weighted by atomic mass is 9.68. The van der Waals surface area contributed by atoms with E-state index in [1.54, 1.807) is 6.92 Å². The number of aliphatic carboxylic acids is 1. The molecule has 0 aromatic carbocycles. The monoisotopic (exact) mass is 214 g/mol. The lowest BCUT2D eigenvalue weighted by Crippen LogP contribution is -2.49. The van der Waals surface area contributed by atoms with E-state index in [1.165, 1.54) is 6.42 Å². The first-order chi connectivity index (χ1) is 7.06. The average molecular weight is 214 g/mol. The Morgan fingerprint density at radius 1 is 1.33 bits per heavy atom. The van der Waals surface area contributed by atoms with Gasteiger partial charge in [0.1, 0.15) is 0 Å². The molecule has 1 fully saturated rings. The van der Waals surface area contributed by atoms with E-state index in [2.05, 4.69) is 6.92 Å². The molecule has 1 aliphatic rings. The fraction of sp³-hybridized carbons (Fsp3) is 0.917. The van der Waals surface area contributed by atoms with E-state index >= 15 is 0 Å². The molecule has 2 N–H and O–H groups in total. The van der Waals surface area contributed by atoms with Gasteiger partial charge in [-0.05, 0) is 18.8 Å². The summed E-state index contributed by atoms with van der Waals surface area (Å²) in [5, 5.41) is 19.4. The molecule has 15 heavy (non-hydrogen) atoms. The van der Waals surface area contributed by atoms with Crippen LogP contribution >= 0.6 is 0 Å². The van der Waals surface area contributed by atoms with Gasteiger partial charge in [0.15, 0.2) is 5.60 Å². The lowest BCUT2D eigenvalue weighted by molar-refractivity contribution is -0.170. The van der Waals surface area contributed by atoms with E-state index in [0.29, 0.717) is 12.3 Å². The van der Waals surface area contributed by atoms with Crippen molar-refractivity contribution in [3.63, 3.8) is 0 Å². The van der Waals surface area contributed by atoms with E-state index in [0.717, 1.165) is 25.7 Å². The Kier molecular flexibility index (Phi) is 4.14. The summed E-state index contributed by atoms with van der Waals surface area (Å²) in [5.41, 5.74) is -1.50. The topological polar surface area (TPSA) is 57.5 Å². The molecule has 0 bridgehead atoms. The van der Waals surface area contributed by atoms with Gasteiger partial charge in [-0.2, -0.15) is 0 Å². The molecule has 1 aliphatic carbocycles. The summed E-state index contributed by atoms with van der Waals surface area (Å²) in [5.74, 6) is -0.728. The Labute approximate surface area is 91.5 Å². The van der Waals surface area contributed by atoms with E-state index in [9.17, 15) is 9.90 Å². The number of carbonyl (C=O) groups is 1. The maximum atomic E-state index is 11.2. The highest BCUT2D eigenvalue weighted by atomic mass is 16.4. The summed E-state index contributed by atoms with van der Waals surface area (Å²) >= 11 is 0. The molecular formula is C12H22O3. The summed E-state index contributed by atoms with van der Waals surface area (Å²) in [6.45, 7) is 3.84. The number of rotatable bonds is 4. The quantitative estimate of drug-likeness (QED) is 0.755. The molecule has 0 aromatic heterocycles. The van der Waals surface area contributed by atoms with Crippen molar-refractivity contribution < 1.29 is 15.0 Å². The molecule has 3 atom stereocenters. The third-order valence-electron chi connectivity index (χ3n) is 3.96. The molecule has 0 aliphatic heterocycles. The molecule has 0 radical (unpaired) electrons. The third-order valence-corrected chi connectivity index (χ3v) is 3.96. The van der Waals surface area contributed by atoms with Crippen LogP contribution in [0.4, 0.5) is 0 Å². The zero-order chi connectivity index (χ0) is 11.5. The fourth-order valence-electron chi connectivity index (χ4n) is 2.90. The number of aliphatic hydroxyl groups is 1. The van der Waals surface area contributed by atoms with Gasteiger partial charge in [0.05, 0.1) is 0 Å². The van der Waals surface area contributed by atoms with Gasteiger partial charge in [-0.15, -0.1) is 0 Å². The summed E-state index contributed by atoms with van der Waals surface area (Å²) in [6.07, 6.45) is 5.43. The summed E-state index contributed by atoms with van der Waals surface area (Å²) in [7, 11) is 0. The second-order valence-corrected chi connectivity index (χ2v) is 4.64. The van der Waals surface area contributed by atoms with E-state index in [1.807, 2.05) is 0 Å². The maximum Gasteiger partial charge on any atom is 0.335 e. The molecule has 1 saturated carbocycles. The van der Waals surface area contributed by atoms with Gasteiger partial charge >= 0.3 is 5.97 Å². The third kappa shape index (κ3) is 2.33. The molecule has 0 amide bonds. The summed E-state index contributed by atoms with van der Waals surface area (Å²) in [4.78, 5) is 11.2. The zero-order valence-electron chi connectivity index (χ0n) is 9.70. The van der Waals surface area contributed by atoms with Crippen LogP contribution in [0.5, 0.6) is 0 Å². The van der Waals surface area contributed by atoms with Gasteiger partial charge in [-0.1, -0.05) is 39.5 Å². The van der Waals surface area contributed by atoms with Crippen LogP contribution in [0, 0.1) is 11.8 Å². The van der Waals surface area contributed by atoms with Gasteiger partial charge < -0.3 is 10.2 Å². The number of hydrogen-bond acceptors (Lipinski definition) is 2. The van der Waals surface area contributed by atoms with Crippen molar-refractivity contribution in [1.29, 1.82) is 0 Å². The highest BCUT2D eigenvalue weighted by molar-refractivity contribution is 5.77. The molecule has 88 valence electrons. The van der Waals surface area contributed by atoms with Crippen LogP contribution in [0.2, 0.25) is 0 Å². The first-order valence-electron chi connectivity index (χ1n) is 6.02. The van der Waals surface area contributed by atoms with Crippen LogP contribution in [0.15, 0.2) is 0 Å². The van der Waals surface area contributed by atoms with Crippen LogP contribution in [-0.2, 0) is 4.79 Å². The molecule has 0 heterocycles. The molecule has 0 saturated heterocycles. The first-order valence-corrected chi connectivity index (χ1v) is 6.02. The minimum Gasteiger partial charge on any atom is -0.479 e. The SMILES string of the molecule is CCC1CCCCC1C(O)(CC)C(=O)O. The van der Waals surface area contributed by atoms with Crippen LogP contribution in [0.25, 0.3) is 0 Å². The van der Waals surface area contributed by atoms with E-state index < -0.39 is 11.6 Å². The van der Waals surface area contributed by atoms with Gasteiger partial charge in [-0.3, -0.25) is 0 Å². The van der Waals surface area contributed by atoms with Gasteiger partial charge in [-0.25, -0.2) is 4.79 Å². The molecule has 0 spiro atoms. The molecule has 3 unspecified atom stereocenters. The second-order valence-electron chi connectivity index (χ2n) is 4.64. The Hall–Kier alpha value is -0.570. The number of hydrogen-bond donors (Lipinski definition) is 2. The predicted octanol–water partition coefficient (Wildman–Crippen LogP) is 2.43. The Morgan fingerprint density at radius 2 is 1.93 bits per heavy atom. The molecule has 0 aromatic rings.